The molecule has 1 aromatic carbocycles. The van der Waals surface area contributed by atoms with Crippen LogP contribution in [0.15, 0.2) is 24.3 Å². The van der Waals surface area contributed by atoms with Gasteiger partial charge in [0.1, 0.15) is 5.75 Å². The number of halogens is 2. The maximum atomic E-state index is 12.2. The molecule has 1 heterocycles. The number of ether oxygens (including phenoxy) is 2. The first-order chi connectivity index (χ1) is 11.9. The number of anilines is 1. The number of hydrogen-bond acceptors (Lipinski definition) is 6. The molecule has 0 aliphatic carbocycles. The standard InChI is InChI=1S/C16H19F2N3O3S/c1-9-14(10-3-5-11(6-4-10)24-15(17)18)21-16(25-9)20-13(22)7-12(8-19)23-2/h3-6,12,15H,7-8,19H2,1-2H3,(H,20,21,22). The number of nitrogens with zero attached hydrogens (tertiary/aromatic N) is 1. The van der Waals surface area contributed by atoms with Gasteiger partial charge in [0.05, 0.1) is 18.2 Å². The second-order valence-electron chi connectivity index (χ2n) is 5.17. The van der Waals surface area contributed by atoms with Crippen LogP contribution in [-0.4, -0.2) is 37.3 Å². The fourth-order valence-corrected chi connectivity index (χ4v) is 3.00. The Morgan fingerprint density at radius 2 is 2.04 bits per heavy atom. The zero-order chi connectivity index (χ0) is 18.4. The fraction of sp³-hybridized carbons (Fsp3) is 0.375. The van der Waals surface area contributed by atoms with Crippen molar-refractivity contribution in [1.82, 2.24) is 4.98 Å². The van der Waals surface area contributed by atoms with Crippen LogP contribution >= 0.6 is 11.3 Å². The Labute approximate surface area is 148 Å². The third-order valence-corrected chi connectivity index (χ3v) is 4.29. The lowest BCUT2D eigenvalue weighted by Gasteiger charge is -2.11. The van der Waals surface area contributed by atoms with Gasteiger partial charge in [-0.2, -0.15) is 8.78 Å². The summed E-state index contributed by atoms with van der Waals surface area (Å²) >= 11 is 1.33. The summed E-state index contributed by atoms with van der Waals surface area (Å²) in [6, 6.07) is 6.17. The Kier molecular flexibility index (Phi) is 6.80. The molecule has 1 unspecified atom stereocenters. The first-order valence-electron chi connectivity index (χ1n) is 7.48. The van der Waals surface area contributed by atoms with Crippen LogP contribution in [0.3, 0.4) is 0 Å². The highest BCUT2D eigenvalue weighted by atomic mass is 32.1. The third kappa shape index (κ3) is 5.45. The van der Waals surface area contributed by atoms with Crippen LogP contribution in [0.5, 0.6) is 5.75 Å². The highest BCUT2D eigenvalue weighted by Gasteiger charge is 2.15. The molecule has 2 rings (SSSR count). The molecule has 0 radical (unpaired) electrons. The molecule has 0 saturated heterocycles. The van der Waals surface area contributed by atoms with Crippen LogP contribution in [-0.2, 0) is 9.53 Å². The number of methoxy groups -OCH3 is 1. The molecule has 0 spiro atoms. The van der Waals surface area contributed by atoms with Gasteiger partial charge in [0.2, 0.25) is 5.91 Å². The predicted octanol–water partition coefficient (Wildman–Crippen LogP) is 3.02. The summed E-state index contributed by atoms with van der Waals surface area (Å²) in [6.07, 6.45) is -0.205. The molecule has 2 aromatic rings. The van der Waals surface area contributed by atoms with E-state index in [-0.39, 0.29) is 30.7 Å². The van der Waals surface area contributed by atoms with Gasteiger partial charge in [-0.3, -0.25) is 4.79 Å². The van der Waals surface area contributed by atoms with Crippen LogP contribution in [0.25, 0.3) is 11.3 Å². The minimum absolute atomic E-state index is 0.0764. The smallest absolute Gasteiger partial charge is 0.387 e. The summed E-state index contributed by atoms with van der Waals surface area (Å²) in [6.45, 7) is -0.749. The molecule has 25 heavy (non-hydrogen) atoms. The monoisotopic (exact) mass is 371 g/mol. The van der Waals surface area contributed by atoms with Crippen molar-refractivity contribution in [2.24, 2.45) is 5.73 Å². The number of amides is 1. The number of hydrogen-bond donors (Lipinski definition) is 2. The van der Waals surface area contributed by atoms with E-state index < -0.39 is 6.61 Å². The third-order valence-electron chi connectivity index (χ3n) is 3.41. The van der Waals surface area contributed by atoms with Gasteiger partial charge >= 0.3 is 6.61 Å². The lowest BCUT2D eigenvalue weighted by molar-refractivity contribution is -0.118. The number of benzene rings is 1. The minimum atomic E-state index is -2.86. The van der Waals surface area contributed by atoms with Gasteiger partial charge in [-0.05, 0) is 31.2 Å². The number of thiazole rings is 1. The average molecular weight is 371 g/mol. The van der Waals surface area contributed by atoms with Gasteiger partial charge in [-0.25, -0.2) is 4.98 Å². The highest BCUT2D eigenvalue weighted by molar-refractivity contribution is 7.16. The quantitative estimate of drug-likeness (QED) is 0.745. The summed E-state index contributed by atoms with van der Waals surface area (Å²) in [5.74, 6) is -0.161. The van der Waals surface area contributed by atoms with E-state index in [0.29, 0.717) is 10.8 Å². The molecule has 3 N–H and O–H groups in total. The van der Waals surface area contributed by atoms with Gasteiger partial charge in [-0.1, -0.05) is 0 Å². The number of aryl methyl sites for hydroxylation is 1. The molecule has 1 aromatic heterocycles. The molecule has 1 atom stereocenters. The SMILES string of the molecule is COC(CN)CC(=O)Nc1nc(-c2ccc(OC(F)F)cc2)c(C)s1. The van der Waals surface area contributed by atoms with E-state index >= 15 is 0 Å². The van der Waals surface area contributed by atoms with Crippen LogP contribution in [0.2, 0.25) is 0 Å². The van der Waals surface area contributed by atoms with E-state index in [9.17, 15) is 13.6 Å². The Morgan fingerprint density at radius 3 is 2.60 bits per heavy atom. The molecule has 136 valence electrons. The first kappa shape index (κ1) is 19.2. The van der Waals surface area contributed by atoms with Crippen molar-refractivity contribution >= 4 is 22.4 Å². The van der Waals surface area contributed by atoms with Crippen molar-refractivity contribution < 1.29 is 23.0 Å². The molecule has 1 amide bonds. The predicted molar refractivity (Wildman–Crippen MR) is 92.0 cm³/mol. The topological polar surface area (TPSA) is 86.5 Å². The summed E-state index contributed by atoms with van der Waals surface area (Å²) in [5, 5.41) is 3.17. The zero-order valence-electron chi connectivity index (χ0n) is 13.8. The molecular formula is C16H19F2N3O3S. The van der Waals surface area contributed by atoms with Crippen molar-refractivity contribution in [3.8, 4) is 17.0 Å². The van der Waals surface area contributed by atoms with Crippen molar-refractivity contribution in [2.75, 3.05) is 19.0 Å². The fourth-order valence-electron chi connectivity index (χ4n) is 2.15. The molecule has 0 bridgehead atoms. The van der Waals surface area contributed by atoms with Crippen LogP contribution in [0.4, 0.5) is 13.9 Å². The van der Waals surface area contributed by atoms with Crippen molar-refractivity contribution in [1.29, 1.82) is 0 Å². The van der Waals surface area contributed by atoms with Gasteiger partial charge in [0.25, 0.3) is 0 Å². The molecule has 6 nitrogen and oxygen atoms in total. The Morgan fingerprint density at radius 1 is 1.36 bits per heavy atom. The molecule has 0 fully saturated rings. The molecule has 0 saturated carbocycles. The maximum Gasteiger partial charge on any atom is 0.387 e. The van der Waals surface area contributed by atoms with E-state index in [4.69, 9.17) is 10.5 Å². The summed E-state index contributed by atoms with van der Waals surface area (Å²) in [7, 11) is 1.50. The molecule has 0 aliphatic heterocycles. The van der Waals surface area contributed by atoms with Crippen LogP contribution < -0.4 is 15.8 Å². The van der Waals surface area contributed by atoms with E-state index in [0.717, 1.165) is 10.4 Å². The summed E-state index contributed by atoms with van der Waals surface area (Å²) in [4.78, 5) is 17.3. The number of rotatable bonds is 8. The Hall–Kier alpha value is -2.10. The Balaban J connectivity index is 2.08. The maximum absolute atomic E-state index is 12.2. The van der Waals surface area contributed by atoms with E-state index in [1.165, 1.54) is 30.6 Å². The van der Waals surface area contributed by atoms with Gasteiger partial charge in [-0.15, -0.1) is 11.3 Å². The minimum Gasteiger partial charge on any atom is -0.435 e. The molecular weight excluding hydrogens is 352 g/mol. The Bertz CT molecular complexity index is 703. The molecule has 0 aliphatic rings. The second-order valence-corrected chi connectivity index (χ2v) is 6.38. The van der Waals surface area contributed by atoms with Crippen LogP contribution in [0.1, 0.15) is 11.3 Å². The number of carbonyl (C=O) groups excluding carboxylic acids is 1. The van der Waals surface area contributed by atoms with E-state index in [2.05, 4.69) is 15.0 Å². The molecule has 9 heteroatoms. The van der Waals surface area contributed by atoms with Crippen molar-refractivity contribution in [2.45, 2.75) is 26.1 Å². The highest BCUT2D eigenvalue weighted by Crippen LogP contribution is 2.31. The number of nitrogens with one attached hydrogen (secondary N) is 1. The first-order valence-corrected chi connectivity index (χ1v) is 8.30. The largest absolute Gasteiger partial charge is 0.435 e. The number of alkyl halides is 2. The van der Waals surface area contributed by atoms with Gasteiger partial charge in [0, 0.05) is 24.1 Å². The van der Waals surface area contributed by atoms with Gasteiger partial charge < -0.3 is 20.5 Å². The average Bonchev–Trinajstić information content (AvgIpc) is 2.93. The van der Waals surface area contributed by atoms with Crippen molar-refractivity contribution in [3.63, 3.8) is 0 Å². The summed E-state index contributed by atoms with van der Waals surface area (Å²) < 4.78 is 33.8. The van der Waals surface area contributed by atoms with E-state index in [1.54, 1.807) is 12.1 Å². The number of carbonyl (C=O) groups is 1. The number of nitrogens with two attached hydrogens (primary N) is 1. The van der Waals surface area contributed by atoms with Gasteiger partial charge in [0.15, 0.2) is 5.13 Å². The number of aromatic nitrogens is 1. The van der Waals surface area contributed by atoms with Crippen LogP contribution in [0, 0.1) is 6.92 Å². The lowest BCUT2D eigenvalue weighted by Crippen LogP contribution is -2.28. The van der Waals surface area contributed by atoms with Crippen molar-refractivity contribution in [3.05, 3.63) is 29.1 Å². The lowest BCUT2D eigenvalue weighted by atomic mass is 10.1. The van der Waals surface area contributed by atoms with E-state index in [1.807, 2.05) is 6.92 Å². The normalized spacial score (nSPS) is 12.2. The zero-order valence-corrected chi connectivity index (χ0v) is 14.6. The summed E-state index contributed by atoms with van der Waals surface area (Å²) in [5.41, 5.74) is 6.91. The second kappa shape index (κ2) is 8.84.